The van der Waals surface area contributed by atoms with Gasteiger partial charge in [0.05, 0.1) is 11.4 Å². The van der Waals surface area contributed by atoms with E-state index in [1.807, 2.05) is 22.9 Å². The monoisotopic (exact) mass is 421 g/mol. The third-order valence-corrected chi connectivity index (χ3v) is 4.77. The van der Waals surface area contributed by atoms with E-state index >= 15 is 0 Å². The fraction of sp³-hybridized carbons (Fsp3) is 0.118. The smallest absolute Gasteiger partial charge is 0.133 e. The molecular weight excluding hydrogens is 409 g/mol. The predicted octanol–water partition coefficient (Wildman–Crippen LogP) is 4.77. The Labute approximate surface area is 147 Å². The first-order valence-electron chi connectivity index (χ1n) is 7.10. The molecule has 1 N–H and O–H groups in total. The summed E-state index contributed by atoms with van der Waals surface area (Å²) in [4.78, 5) is 0. The molecule has 0 atom stereocenters. The minimum Gasteiger partial charge on any atom is -0.369 e. The molecule has 0 fully saturated rings. The number of halogens is 2. The van der Waals surface area contributed by atoms with Gasteiger partial charge in [-0.3, -0.25) is 0 Å². The van der Waals surface area contributed by atoms with Crippen molar-refractivity contribution < 1.29 is 0 Å². The average Bonchev–Trinajstić information content (AvgIpc) is 3.10. The highest BCUT2D eigenvalue weighted by Gasteiger charge is 2.23. The van der Waals surface area contributed by atoms with Gasteiger partial charge in [0.1, 0.15) is 5.82 Å². The highest BCUT2D eigenvalue weighted by atomic mass is 127. The van der Waals surface area contributed by atoms with E-state index in [0.717, 1.165) is 40.8 Å². The minimum atomic E-state index is 0.737. The Hall–Kier alpha value is -1.53. The molecule has 3 aromatic rings. The summed E-state index contributed by atoms with van der Waals surface area (Å²) >= 11 is 8.45. The lowest BCUT2D eigenvalue weighted by molar-refractivity contribution is 0.882. The fourth-order valence-electron chi connectivity index (χ4n) is 2.81. The third-order valence-electron chi connectivity index (χ3n) is 3.82. The second-order valence-corrected chi connectivity index (χ2v) is 6.93. The highest BCUT2D eigenvalue weighted by molar-refractivity contribution is 14.1. The van der Waals surface area contributed by atoms with Crippen LogP contribution in [0.3, 0.4) is 0 Å². The normalized spacial score (nSPS) is 13.0. The van der Waals surface area contributed by atoms with Crippen molar-refractivity contribution in [3.8, 4) is 16.9 Å². The zero-order chi connectivity index (χ0) is 15.1. The van der Waals surface area contributed by atoms with Gasteiger partial charge < -0.3 is 5.32 Å². The van der Waals surface area contributed by atoms with Gasteiger partial charge in [0.2, 0.25) is 0 Å². The Kier molecular flexibility index (Phi) is 3.58. The summed E-state index contributed by atoms with van der Waals surface area (Å²) in [5.41, 5.74) is 4.41. The summed E-state index contributed by atoms with van der Waals surface area (Å²) in [6, 6.07) is 16.3. The van der Waals surface area contributed by atoms with Crippen LogP contribution in [0.2, 0.25) is 5.02 Å². The van der Waals surface area contributed by atoms with Crippen LogP contribution in [0.25, 0.3) is 16.9 Å². The van der Waals surface area contributed by atoms with Crippen molar-refractivity contribution in [3.05, 3.63) is 62.7 Å². The SMILES string of the molecule is Clc1cccc(-c2nn(-c3ccc(I)cc3)c3c2CCN3)c1. The van der Waals surface area contributed by atoms with Crippen molar-refractivity contribution >= 4 is 40.0 Å². The first kappa shape index (κ1) is 14.1. The molecule has 0 bridgehead atoms. The number of nitrogens with one attached hydrogen (secondary N) is 1. The Bertz CT molecular complexity index is 840. The van der Waals surface area contributed by atoms with E-state index in [-0.39, 0.29) is 0 Å². The maximum atomic E-state index is 6.14. The van der Waals surface area contributed by atoms with Crippen LogP contribution in [0.1, 0.15) is 5.56 Å². The highest BCUT2D eigenvalue weighted by Crippen LogP contribution is 2.35. The molecule has 2 aromatic carbocycles. The molecule has 0 saturated carbocycles. The van der Waals surface area contributed by atoms with Gasteiger partial charge in [-0.2, -0.15) is 5.10 Å². The van der Waals surface area contributed by atoms with Gasteiger partial charge in [-0.05, 0) is 65.4 Å². The number of aromatic nitrogens is 2. The number of fused-ring (bicyclic) bond motifs is 1. The first-order chi connectivity index (χ1) is 10.7. The molecule has 2 heterocycles. The van der Waals surface area contributed by atoms with Gasteiger partial charge in [0.15, 0.2) is 0 Å². The summed E-state index contributed by atoms with van der Waals surface area (Å²) in [5, 5.41) is 9.03. The van der Waals surface area contributed by atoms with Gasteiger partial charge in [-0.1, -0.05) is 23.7 Å². The van der Waals surface area contributed by atoms with Crippen molar-refractivity contribution in [2.45, 2.75) is 6.42 Å². The Balaban J connectivity index is 1.88. The standard InChI is InChI=1S/C17H13ClIN3/c18-12-3-1-2-11(10-12)16-15-8-9-20-17(15)22(21-16)14-6-4-13(19)5-7-14/h1-7,10,20H,8-9H2. The average molecular weight is 422 g/mol. The molecule has 22 heavy (non-hydrogen) atoms. The molecule has 0 saturated heterocycles. The van der Waals surface area contributed by atoms with Crippen LogP contribution in [0.5, 0.6) is 0 Å². The number of benzene rings is 2. The zero-order valence-electron chi connectivity index (χ0n) is 11.7. The maximum Gasteiger partial charge on any atom is 0.133 e. The fourth-order valence-corrected chi connectivity index (χ4v) is 3.36. The van der Waals surface area contributed by atoms with E-state index in [9.17, 15) is 0 Å². The molecule has 3 nitrogen and oxygen atoms in total. The first-order valence-corrected chi connectivity index (χ1v) is 8.56. The number of rotatable bonds is 2. The molecule has 0 radical (unpaired) electrons. The lowest BCUT2D eigenvalue weighted by atomic mass is 10.1. The molecule has 0 amide bonds. The molecular formula is C17H13ClIN3. The molecule has 1 aromatic heterocycles. The Morgan fingerprint density at radius 1 is 1.14 bits per heavy atom. The summed E-state index contributed by atoms with van der Waals surface area (Å²) in [5.74, 6) is 1.09. The van der Waals surface area contributed by atoms with Crippen molar-refractivity contribution in [3.63, 3.8) is 0 Å². The second kappa shape index (κ2) is 5.59. The van der Waals surface area contributed by atoms with E-state index in [0.29, 0.717) is 0 Å². The molecule has 4 rings (SSSR count). The van der Waals surface area contributed by atoms with E-state index < -0.39 is 0 Å². The number of anilines is 1. The molecule has 5 heteroatoms. The van der Waals surface area contributed by atoms with Gasteiger partial charge in [-0.25, -0.2) is 4.68 Å². The Morgan fingerprint density at radius 3 is 2.73 bits per heavy atom. The number of hydrogen-bond acceptors (Lipinski definition) is 2. The van der Waals surface area contributed by atoms with Gasteiger partial charge in [0.25, 0.3) is 0 Å². The lowest BCUT2D eigenvalue weighted by Crippen LogP contribution is -2.04. The van der Waals surface area contributed by atoms with Crippen molar-refractivity contribution in [2.75, 3.05) is 11.9 Å². The molecule has 0 aliphatic carbocycles. The van der Waals surface area contributed by atoms with Crippen LogP contribution in [0.15, 0.2) is 48.5 Å². The third kappa shape index (κ3) is 2.40. The zero-order valence-corrected chi connectivity index (χ0v) is 14.6. The lowest BCUT2D eigenvalue weighted by Gasteiger charge is -2.06. The summed E-state index contributed by atoms with van der Waals surface area (Å²) < 4.78 is 3.21. The van der Waals surface area contributed by atoms with Crippen LogP contribution in [0.4, 0.5) is 5.82 Å². The maximum absolute atomic E-state index is 6.14. The van der Waals surface area contributed by atoms with Crippen molar-refractivity contribution in [2.24, 2.45) is 0 Å². The second-order valence-electron chi connectivity index (χ2n) is 5.25. The summed E-state index contributed by atoms with van der Waals surface area (Å²) in [6.07, 6.45) is 0.988. The van der Waals surface area contributed by atoms with Crippen molar-refractivity contribution in [1.29, 1.82) is 0 Å². The predicted molar refractivity (Wildman–Crippen MR) is 98.9 cm³/mol. The molecule has 0 unspecified atom stereocenters. The van der Waals surface area contributed by atoms with Crippen molar-refractivity contribution in [1.82, 2.24) is 9.78 Å². The number of hydrogen-bond donors (Lipinski definition) is 1. The van der Waals surface area contributed by atoms with Crippen LogP contribution >= 0.6 is 34.2 Å². The van der Waals surface area contributed by atoms with Gasteiger partial charge in [0, 0.05) is 26.3 Å². The van der Waals surface area contributed by atoms with Crippen LogP contribution in [-0.2, 0) is 6.42 Å². The van der Waals surface area contributed by atoms with Crippen LogP contribution < -0.4 is 5.32 Å². The summed E-state index contributed by atoms with van der Waals surface area (Å²) in [7, 11) is 0. The van der Waals surface area contributed by atoms with E-state index in [4.69, 9.17) is 16.7 Å². The van der Waals surface area contributed by atoms with Gasteiger partial charge >= 0.3 is 0 Å². The molecule has 0 spiro atoms. The summed E-state index contributed by atoms with van der Waals surface area (Å²) in [6.45, 7) is 0.950. The number of nitrogens with zero attached hydrogens (tertiary/aromatic N) is 2. The van der Waals surface area contributed by atoms with Crippen LogP contribution in [-0.4, -0.2) is 16.3 Å². The van der Waals surface area contributed by atoms with E-state index in [1.54, 1.807) is 0 Å². The van der Waals surface area contributed by atoms with E-state index in [2.05, 4.69) is 58.2 Å². The topological polar surface area (TPSA) is 29.9 Å². The largest absolute Gasteiger partial charge is 0.369 e. The quantitative estimate of drug-likeness (QED) is 0.604. The molecule has 1 aliphatic rings. The molecule has 1 aliphatic heterocycles. The Morgan fingerprint density at radius 2 is 1.95 bits per heavy atom. The van der Waals surface area contributed by atoms with E-state index in [1.165, 1.54) is 9.13 Å². The molecule has 110 valence electrons. The minimum absolute atomic E-state index is 0.737. The van der Waals surface area contributed by atoms with Gasteiger partial charge in [-0.15, -0.1) is 0 Å². The van der Waals surface area contributed by atoms with Crippen LogP contribution in [0, 0.1) is 3.57 Å².